The fraction of sp³-hybridized carbons (Fsp3) is 0.364. The third-order valence-electron chi connectivity index (χ3n) is 4.08. The highest BCUT2D eigenvalue weighted by Crippen LogP contribution is 2.26. The van der Waals surface area contributed by atoms with Crippen LogP contribution in [0.5, 0.6) is 5.75 Å². The lowest BCUT2D eigenvalue weighted by molar-refractivity contribution is -0.153. The number of aliphatic carboxylic acids is 1. The molecular weight excluding hydrogens is 445 g/mol. The van der Waals surface area contributed by atoms with E-state index in [1.807, 2.05) is 6.92 Å². The fourth-order valence-corrected chi connectivity index (χ4v) is 3.24. The van der Waals surface area contributed by atoms with Gasteiger partial charge in [-0.05, 0) is 56.7 Å². The molecule has 0 aliphatic carbocycles. The number of rotatable bonds is 10. The van der Waals surface area contributed by atoms with E-state index in [0.717, 1.165) is 5.56 Å². The first-order chi connectivity index (χ1) is 14.7. The molecule has 2 aromatic carbocycles. The van der Waals surface area contributed by atoms with E-state index in [-0.39, 0.29) is 24.2 Å². The van der Waals surface area contributed by atoms with Crippen molar-refractivity contribution < 1.29 is 28.9 Å². The maximum absolute atomic E-state index is 12.2. The Kier molecular flexibility index (Phi) is 9.43. The van der Waals surface area contributed by atoms with Gasteiger partial charge >= 0.3 is 12.1 Å². The van der Waals surface area contributed by atoms with Gasteiger partial charge in [0.25, 0.3) is 0 Å². The van der Waals surface area contributed by atoms with Crippen molar-refractivity contribution >= 4 is 41.0 Å². The monoisotopic (exact) mass is 469 g/mol. The summed E-state index contributed by atoms with van der Waals surface area (Å²) < 4.78 is 16.4. The number of nitrogens with one attached hydrogen (secondary N) is 1. The zero-order valence-corrected chi connectivity index (χ0v) is 19.0. The molecule has 0 aromatic heterocycles. The normalized spacial score (nSPS) is 11.8. The Bertz CT molecular complexity index is 919. The van der Waals surface area contributed by atoms with Gasteiger partial charge in [-0.1, -0.05) is 29.3 Å². The molecular formula is C22H25Cl2NO6. The van der Waals surface area contributed by atoms with E-state index in [2.05, 4.69) is 5.32 Å². The molecule has 0 saturated carbocycles. The van der Waals surface area contributed by atoms with E-state index in [0.29, 0.717) is 28.6 Å². The summed E-state index contributed by atoms with van der Waals surface area (Å²) in [4.78, 5) is 23.7. The van der Waals surface area contributed by atoms with Crippen molar-refractivity contribution in [1.29, 1.82) is 0 Å². The number of hydrogen-bond acceptors (Lipinski definition) is 5. The van der Waals surface area contributed by atoms with E-state index in [4.69, 9.17) is 37.4 Å². The molecule has 0 aliphatic heterocycles. The molecule has 9 heteroatoms. The van der Waals surface area contributed by atoms with Gasteiger partial charge in [0.15, 0.2) is 6.10 Å². The van der Waals surface area contributed by atoms with Gasteiger partial charge < -0.3 is 19.3 Å². The number of carbonyl (C=O) groups is 2. The van der Waals surface area contributed by atoms with Crippen LogP contribution in [0.2, 0.25) is 10.0 Å². The SMILES string of the molecule is CCOc1ccc(C[C@H](OC(C)C)C(=O)O)cc1COC(=O)Nc1ccc(Cl)cc1Cl. The largest absolute Gasteiger partial charge is 0.493 e. The first kappa shape index (κ1) is 24.8. The van der Waals surface area contributed by atoms with Crippen molar-refractivity contribution in [3.05, 3.63) is 57.6 Å². The summed E-state index contributed by atoms with van der Waals surface area (Å²) in [5.41, 5.74) is 1.69. The highest BCUT2D eigenvalue weighted by molar-refractivity contribution is 6.36. The second-order valence-electron chi connectivity index (χ2n) is 6.92. The lowest BCUT2D eigenvalue weighted by Gasteiger charge is -2.18. The Morgan fingerprint density at radius 1 is 1.13 bits per heavy atom. The first-order valence-electron chi connectivity index (χ1n) is 9.71. The summed E-state index contributed by atoms with van der Waals surface area (Å²) in [5, 5.41) is 12.7. The minimum Gasteiger partial charge on any atom is -0.493 e. The molecule has 2 N–H and O–H groups in total. The van der Waals surface area contributed by atoms with Gasteiger partial charge in [-0.15, -0.1) is 0 Å². The Morgan fingerprint density at radius 2 is 1.87 bits per heavy atom. The predicted octanol–water partition coefficient (Wildman–Crippen LogP) is 5.56. The maximum Gasteiger partial charge on any atom is 0.412 e. The number of benzene rings is 2. The third-order valence-corrected chi connectivity index (χ3v) is 4.63. The van der Waals surface area contributed by atoms with Crippen LogP contribution in [0, 0.1) is 0 Å². The minimum atomic E-state index is -1.04. The van der Waals surface area contributed by atoms with Gasteiger partial charge in [0, 0.05) is 17.0 Å². The van der Waals surface area contributed by atoms with Crippen molar-refractivity contribution in [3.8, 4) is 5.75 Å². The zero-order valence-electron chi connectivity index (χ0n) is 17.5. The Morgan fingerprint density at radius 3 is 2.48 bits per heavy atom. The van der Waals surface area contributed by atoms with Crippen molar-refractivity contribution in [2.24, 2.45) is 0 Å². The summed E-state index contributed by atoms with van der Waals surface area (Å²) >= 11 is 11.9. The number of hydrogen-bond donors (Lipinski definition) is 2. The van der Waals surface area contributed by atoms with Gasteiger partial charge in [0.1, 0.15) is 12.4 Å². The molecule has 31 heavy (non-hydrogen) atoms. The second kappa shape index (κ2) is 11.8. The molecule has 0 spiro atoms. The molecule has 1 atom stereocenters. The van der Waals surface area contributed by atoms with Crippen LogP contribution >= 0.6 is 23.2 Å². The summed E-state index contributed by atoms with van der Waals surface area (Å²) in [7, 11) is 0. The predicted molar refractivity (Wildman–Crippen MR) is 119 cm³/mol. The van der Waals surface area contributed by atoms with Gasteiger partial charge in [-0.2, -0.15) is 0 Å². The van der Waals surface area contributed by atoms with Crippen LogP contribution in [0.25, 0.3) is 0 Å². The van der Waals surface area contributed by atoms with Crippen molar-refractivity contribution in [2.75, 3.05) is 11.9 Å². The smallest absolute Gasteiger partial charge is 0.412 e. The zero-order chi connectivity index (χ0) is 23.0. The number of ether oxygens (including phenoxy) is 3. The number of carboxylic acids is 1. The molecule has 0 aliphatic rings. The van der Waals surface area contributed by atoms with Crippen LogP contribution in [0.15, 0.2) is 36.4 Å². The van der Waals surface area contributed by atoms with Crippen LogP contribution in [-0.4, -0.2) is 36.0 Å². The molecule has 7 nitrogen and oxygen atoms in total. The molecule has 0 bridgehead atoms. The topological polar surface area (TPSA) is 94.1 Å². The van der Waals surface area contributed by atoms with Crippen LogP contribution in [0.4, 0.5) is 10.5 Å². The van der Waals surface area contributed by atoms with Gasteiger partial charge in [-0.25, -0.2) is 9.59 Å². The lowest BCUT2D eigenvalue weighted by Crippen LogP contribution is -2.29. The van der Waals surface area contributed by atoms with E-state index in [1.165, 1.54) is 6.07 Å². The number of halogens is 2. The van der Waals surface area contributed by atoms with Crippen molar-refractivity contribution in [3.63, 3.8) is 0 Å². The van der Waals surface area contributed by atoms with Crippen molar-refractivity contribution in [2.45, 2.75) is 46.0 Å². The quantitative estimate of drug-likeness (QED) is 0.472. The number of anilines is 1. The lowest BCUT2D eigenvalue weighted by atomic mass is 10.0. The Hall–Kier alpha value is -2.48. The highest BCUT2D eigenvalue weighted by Gasteiger charge is 2.21. The van der Waals surface area contributed by atoms with Gasteiger partial charge in [0.05, 0.1) is 23.4 Å². The molecule has 1 amide bonds. The van der Waals surface area contributed by atoms with Crippen LogP contribution in [-0.2, 0) is 27.3 Å². The van der Waals surface area contributed by atoms with Crippen LogP contribution in [0.1, 0.15) is 31.9 Å². The molecule has 0 fully saturated rings. The number of amides is 1. The molecule has 2 rings (SSSR count). The molecule has 0 unspecified atom stereocenters. The van der Waals surface area contributed by atoms with Crippen molar-refractivity contribution in [1.82, 2.24) is 0 Å². The number of carbonyl (C=O) groups excluding carboxylic acids is 1. The van der Waals surface area contributed by atoms with Crippen LogP contribution in [0.3, 0.4) is 0 Å². The third kappa shape index (κ3) is 7.94. The first-order valence-corrected chi connectivity index (χ1v) is 10.5. The highest BCUT2D eigenvalue weighted by atomic mass is 35.5. The molecule has 0 saturated heterocycles. The summed E-state index contributed by atoms with van der Waals surface area (Å²) in [5.74, 6) is -0.500. The molecule has 168 valence electrons. The van der Waals surface area contributed by atoms with Gasteiger partial charge in [0.2, 0.25) is 0 Å². The summed E-state index contributed by atoms with van der Waals surface area (Å²) in [6.45, 7) is 5.73. The van der Waals surface area contributed by atoms with E-state index in [1.54, 1.807) is 44.2 Å². The maximum atomic E-state index is 12.2. The summed E-state index contributed by atoms with van der Waals surface area (Å²) in [6, 6.07) is 9.90. The number of carboxylic acid groups (broad SMARTS) is 1. The average molecular weight is 470 g/mol. The Labute approximate surface area is 191 Å². The molecule has 2 aromatic rings. The van der Waals surface area contributed by atoms with E-state index >= 15 is 0 Å². The second-order valence-corrected chi connectivity index (χ2v) is 7.76. The minimum absolute atomic E-state index is 0.0804. The molecule has 0 heterocycles. The summed E-state index contributed by atoms with van der Waals surface area (Å²) in [6.07, 6.45) is -1.75. The van der Waals surface area contributed by atoms with Gasteiger partial charge in [-0.3, -0.25) is 5.32 Å². The standard InChI is InChI=1S/C22H25Cl2NO6/c1-4-29-19-8-5-14(10-20(21(26)27)31-13(2)3)9-15(19)12-30-22(28)25-18-7-6-16(23)11-17(18)24/h5-9,11,13,20H,4,10,12H2,1-3H3,(H,25,28)(H,26,27)/t20-/m0/s1. The Balaban J connectivity index is 2.11. The fourth-order valence-electron chi connectivity index (χ4n) is 2.79. The average Bonchev–Trinajstić information content (AvgIpc) is 2.69. The van der Waals surface area contributed by atoms with Crippen LogP contribution < -0.4 is 10.1 Å². The van der Waals surface area contributed by atoms with E-state index in [9.17, 15) is 14.7 Å². The van der Waals surface area contributed by atoms with E-state index < -0.39 is 18.2 Å². The molecule has 0 radical (unpaired) electrons.